The van der Waals surface area contributed by atoms with E-state index in [9.17, 15) is 14.4 Å². The minimum Gasteiger partial charge on any atom is -0.366 e. The highest BCUT2D eigenvalue weighted by molar-refractivity contribution is 7.71. The summed E-state index contributed by atoms with van der Waals surface area (Å²) >= 11 is 4.92. The lowest BCUT2D eigenvalue weighted by atomic mass is 10.1. The number of hydrogen-bond donors (Lipinski definition) is 4. The van der Waals surface area contributed by atoms with Crippen LogP contribution in [0.1, 0.15) is 20.7 Å². The molecule has 7 nitrogen and oxygen atoms in total. The summed E-state index contributed by atoms with van der Waals surface area (Å²) in [7, 11) is 0. The van der Waals surface area contributed by atoms with Crippen LogP contribution in [0.4, 0.5) is 5.69 Å². The van der Waals surface area contributed by atoms with Crippen molar-refractivity contribution in [2.24, 2.45) is 5.73 Å². The first kappa shape index (κ1) is 15.6. The quantitative estimate of drug-likeness (QED) is 0.544. The topological polar surface area (TPSA) is 121 Å². The smallest absolute Gasteiger partial charge is 0.259 e. The highest BCUT2D eigenvalue weighted by Gasteiger charge is 2.09. The zero-order chi connectivity index (χ0) is 17.3. The van der Waals surface area contributed by atoms with E-state index in [2.05, 4.69) is 15.3 Å². The van der Waals surface area contributed by atoms with E-state index in [0.29, 0.717) is 27.7 Å². The van der Waals surface area contributed by atoms with E-state index in [4.69, 9.17) is 18.0 Å². The fourth-order valence-corrected chi connectivity index (χ4v) is 2.43. The lowest BCUT2D eigenvalue weighted by Gasteiger charge is -2.07. The van der Waals surface area contributed by atoms with Crippen molar-refractivity contribution in [3.63, 3.8) is 0 Å². The fraction of sp³-hybridized carbons (Fsp3) is 0. The molecule has 2 aromatic carbocycles. The number of carbonyl (C=O) groups is 2. The molecule has 3 aromatic rings. The lowest BCUT2D eigenvalue weighted by molar-refractivity contribution is 0.0998. The molecule has 2 amide bonds. The first-order chi connectivity index (χ1) is 11.4. The third-order valence-corrected chi connectivity index (χ3v) is 3.63. The second kappa shape index (κ2) is 6.09. The van der Waals surface area contributed by atoms with Gasteiger partial charge in [0.2, 0.25) is 5.91 Å². The third-order valence-electron chi connectivity index (χ3n) is 3.43. The maximum atomic E-state index is 12.3. The van der Waals surface area contributed by atoms with Gasteiger partial charge in [0.1, 0.15) is 0 Å². The van der Waals surface area contributed by atoms with Crippen molar-refractivity contribution in [1.29, 1.82) is 0 Å². The maximum absolute atomic E-state index is 12.3. The van der Waals surface area contributed by atoms with Crippen molar-refractivity contribution >= 4 is 40.6 Å². The molecule has 0 aliphatic rings. The van der Waals surface area contributed by atoms with Gasteiger partial charge < -0.3 is 16.0 Å². The van der Waals surface area contributed by atoms with Crippen LogP contribution in [-0.4, -0.2) is 21.8 Å². The number of anilines is 1. The monoisotopic (exact) mass is 340 g/mol. The number of rotatable bonds is 3. The number of aromatic amines is 2. The Labute approximate surface area is 140 Å². The third kappa shape index (κ3) is 3.08. The maximum Gasteiger partial charge on any atom is 0.259 e. The van der Waals surface area contributed by atoms with Gasteiger partial charge in [-0.3, -0.25) is 19.4 Å². The molecular formula is C16H12N4O3S. The predicted octanol–water partition coefficient (Wildman–Crippen LogP) is 1.94. The molecule has 0 atom stereocenters. The molecule has 0 aliphatic heterocycles. The molecular weight excluding hydrogens is 328 g/mol. The van der Waals surface area contributed by atoms with Crippen molar-refractivity contribution in [3.05, 3.63) is 68.7 Å². The number of aromatic nitrogens is 2. The number of carbonyl (C=O) groups excluding carboxylic acids is 2. The number of primary amides is 1. The summed E-state index contributed by atoms with van der Waals surface area (Å²) < 4.78 is 0.187. The average molecular weight is 340 g/mol. The van der Waals surface area contributed by atoms with E-state index in [1.54, 1.807) is 30.3 Å². The van der Waals surface area contributed by atoms with Crippen LogP contribution < -0.4 is 16.6 Å². The summed E-state index contributed by atoms with van der Waals surface area (Å²) in [6.07, 6.45) is 0. The summed E-state index contributed by atoms with van der Waals surface area (Å²) in [6, 6.07) is 10.8. The highest BCUT2D eigenvalue weighted by Crippen LogP contribution is 2.14. The van der Waals surface area contributed by atoms with Crippen LogP contribution in [0, 0.1) is 4.77 Å². The van der Waals surface area contributed by atoms with Gasteiger partial charge in [0, 0.05) is 16.8 Å². The Bertz CT molecular complexity index is 1070. The minimum atomic E-state index is -0.539. The Morgan fingerprint density at radius 3 is 2.33 bits per heavy atom. The van der Waals surface area contributed by atoms with E-state index in [1.807, 2.05) is 0 Å². The fourth-order valence-electron chi connectivity index (χ4n) is 2.23. The van der Waals surface area contributed by atoms with Crippen LogP contribution in [0.15, 0.2) is 47.3 Å². The number of H-pyrrole nitrogens is 2. The van der Waals surface area contributed by atoms with Crippen molar-refractivity contribution in [2.75, 3.05) is 5.32 Å². The largest absolute Gasteiger partial charge is 0.366 e. The number of amides is 2. The average Bonchev–Trinajstić information content (AvgIpc) is 2.54. The van der Waals surface area contributed by atoms with Gasteiger partial charge >= 0.3 is 0 Å². The number of nitrogens with two attached hydrogens (primary N) is 1. The Balaban J connectivity index is 1.89. The molecule has 1 aromatic heterocycles. The molecule has 120 valence electrons. The standard InChI is InChI=1S/C16H12N4O3S/c17-13(21)8-1-4-10(5-2-8)18-14(22)9-3-6-11-12(7-9)19-16(24)20-15(11)23/h1-7H,(H2,17,21)(H,18,22)(H2,19,20,23,24). The Morgan fingerprint density at radius 1 is 1.00 bits per heavy atom. The minimum absolute atomic E-state index is 0.187. The zero-order valence-corrected chi connectivity index (χ0v) is 13.1. The van der Waals surface area contributed by atoms with Gasteiger partial charge in [-0.1, -0.05) is 0 Å². The van der Waals surface area contributed by atoms with Crippen LogP contribution in [0.5, 0.6) is 0 Å². The molecule has 0 saturated heterocycles. The molecule has 0 aliphatic carbocycles. The Kier molecular flexibility index (Phi) is 3.97. The summed E-state index contributed by atoms with van der Waals surface area (Å²) in [4.78, 5) is 40.4. The molecule has 1 heterocycles. The van der Waals surface area contributed by atoms with Gasteiger partial charge in [0.15, 0.2) is 4.77 Å². The molecule has 0 fully saturated rings. The van der Waals surface area contributed by atoms with E-state index in [0.717, 1.165) is 0 Å². The van der Waals surface area contributed by atoms with E-state index >= 15 is 0 Å². The van der Waals surface area contributed by atoms with Gasteiger partial charge in [-0.15, -0.1) is 0 Å². The molecule has 0 radical (unpaired) electrons. The Hall–Kier alpha value is -3.26. The summed E-state index contributed by atoms with van der Waals surface area (Å²) in [5.74, 6) is -0.897. The summed E-state index contributed by atoms with van der Waals surface area (Å²) in [5, 5.41) is 3.11. The predicted molar refractivity (Wildman–Crippen MR) is 92.7 cm³/mol. The molecule has 5 N–H and O–H groups in total. The van der Waals surface area contributed by atoms with Crippen LogP contribution >= 0.6 is 12.2 Å². The second-order valence-corrected chi connectivity index (χ2v) is 5.47. The SMILES string of the molecule is NC(=O)c1ccc(NC(=O)c2ccc3c(=O)[nH]c(=S)[nH]c3c2)cc1. The Morgan fingerprint density at radius 2 is 1.67 bits per heavy atom. The van der Waals surface area contributed by atoms with Crippen molar-refractivity contribution in [2.45, 2.75) is 0 Å². The van der Waals surface area contributed by atoms with Crippen molar-refractivity contribution in [1.82, 2.24) is 9.97 Å². The molecule has 0 saturated carbocycles. The van der Waals surface area contributed by atoms with E-state index in [1.165, 1.54) is 12.1 Å². The van der Waals surface area contributed by atoms with Gasteiger partial charge in [0.25, 0.3) is 11.5 Å². The molecule has 0 spiro atoms. The van der Waals surface area contributed by atoms with Crippen molar-refractivity contribution in [3.8, 4) is 0 Å². The van der Waals surface area contributed by atoms with Crippen LogP contribution in [0.3, 0.4) is 0 Å². The van der Waals surface area contributed by atoms with Gasteiger partial charge in [-0.25, -0.2) is 0 Å². The number of nitrogens with one attached hydrogen (secondary N) is 3. The first-order valence-electron chi connectivity index (χ1n) is 6.91. The van der Waals surface area contributed by atoms with Crippen LogP contribution in [-0.2, 0) is 0 Å². The number of benzene rings is 2. The summed E-state index contributed by atoms with van der Waals surface area (Å²) in [5.41, 5.74) is 6.55. The van der Waals surface area contributed by atoms with Crippen LogP contribution in [0.2, 0.25) is 0 Å². The lowest BCUT2D eigenvalue weighted by Crippen LogP contribution is -2.14. The molecule has 0 bridgehead atoms. The van der Waals surface area contributed by atoms with Gasteiger partial charge in [0.05, 0.1) is 10.9 Å². The van der Waals surface area contributed by atoms with Gasteiger partial charge in [-0.05, 0) is 54.7 Å². The number of hydrogen-bond acceptors (Lipinski definition) is 4. The first-order valence-corrected chi connectivity index (χ1v) is 7.32. The van der Waals surface area contributed by atoms with E-state index in [-0.39, 0.29) is 16.2 Å². The summed E-state index contributed by atoms with van der Waals surface area (Å²) in [6.45, 7) is 0. The molecule has 24 heavy (non-hydrogen) atoms. The zero-order valence-electron chi connectivity index (χ0n) is 12.3. The number of fused-ring (bicyclic) bond motifs is 1. The highest BCUT2D eigenvalue weighted by atomic mass is 32.1. The molecule has 8 heteroatoms. The van der Waals surface area contributed by atoms with E-state index < -0.39 is 5.91 Å². The van der Waals surface area contributed by atoms with Gasteiger partial charge in [-0.2, -0.15) is 0 Å². The van der Waals surface area contributed by atoms with Crippen molar-refractivity contribution < 1.29 is 9.59 Å². The van der Waals surface area contributed by atoms with Crippen LogP contribution in [0.25, 0.3) is 10.9 Å². The molecule has 0 unspecified atom stereocenters. The second-order valence-electron chi connectivity index (χ2n) is 5.06. The normalized spacial score (nSPS) is 10.5. The molecule has 3 rings (SSSR count).